The summed E-state index contributed by atoms with van der Waals surface area (Å²) in [6.07, 6.45) is 5.02. The first-order valence-corrected chi connectivity index (χ1v) is 23.1. The van der Waals surface area contributed by atoms with Crippen LogP contribution in [0.2, 0.25) is 5.02 Å². The number of piperazine rings is 1. The first-order chi connectivity index (χ1) is 31.4. The minimum Gasteiger partial charge on any atom is -0.493 e. The highest BCUT2D eigenvalue weighted by atomic mass is 35.5. The van der Waals surface area contributed by atoms with Crippen molar-refractivity contribution in [2.75, 3.05) is 45.9 Å². The number of carboxylic acid groups (broad SMARTS) is 1. The van der Waals surface area contributed by atoms with Crippen LogP contribution in [0.15, 0.2) is 48.5 Å². The van der Waals surface area contributed by atoms with E-state index in [4.69, 9.17) is 26.2 Å². The molecule has 0 saturated carbocycles. The number of imide groups is 1. The Hall–Kier alpha value is -5.74. The number of rotatable bonds is 14. The molecule has 2 atom stereocenters. The number of carboxylic acids is 1. The summed E-state index contributed by atoms with van der Waals surface area (Å²) >= 11 is 7.08. The number of piperidine rings is 1. The normalized spacial score (nSPS) is 19.1. The largest absolute Gasteiger partial charge is 0.493 e. The lowest BCUT2D eigenvalue weighted by Crippen LogP contribution is -2.51. The van der Waals surface area contributed by atoms with Gasteiger partial charge in [-0.2, -0.15) is 5.10 Å². The van der Waals surface area contributed by atoms with E-state index in [1.54, 1.807) is 28.0 Å². The molecule has 65 heavy (non-hydrogen) atoms. The first-order valence-electron chi connectivity index (χ1n) is 22.7. The standard InChI is InChI=1S/C49H56ClN7O8/c1-29-43(30(2)53(3)52-29)44-37(50)17-16-34-33(13-8-26-64-39-14-6-10-31-9-4-5-11-32(31)39)46(49(62)63)56(45(34)44)25-22-54-20-23-55(24-21-54)42(59)28-65-40-15-7-12-35-36(40)27-57(48(35)61)38-18-19-41(58)51-47(38)60/h6-7,10,12,14-17,38,48,61H,4-5,8-9,11,13,18-28H2,1-3H3,(H,62,63)(H,51,58,60). The molecular weight excluding hydrogens is 850 g/mol. The average Bonchev–Trinajstić information content (AvgIpc) is 3.90. The van der Waals surface area contributed by atoms with Gasteiger partial charge in [-0.15, -0.1) is 0 Å². The van der Waals surface area contributed by atoms with E-state index < -0.39 is 24.1 Å². The average molecular weight is 906 g/mol. The minimum absolute atomic E-state index is 0.172. The molecule has 1 aliphatic carbocycles. The summed E-state index contributed by atoms with van der Waals surface area (Å²) in [4.78, 5) is 57.0. The fourth-order valence-electron chi connectivity index (χ4n) is 10.4. The minimum atomic E-state index is -1.04. The third-order valence-corrected chi connectivity index (χ3v) is 14.2. The van der Waals surface area contributed by atoms with Crippen molar-refractivity contribution in [2.45, 2.75) is 90.6 Å². The number of hydrogen-bond donors (Lipinski definition) is 3. The van der Waals surface area contributed by atoms with E-state index in [9.17, 15) is 29.4 Å². The van der Waals surface area contributed by atoms with Crippen LogP contribution >= 0.6 is 11.6 Å². The lowest BCUT2D eigenvalue weighted by atomic mass is 9.91. The Morgan fingerprint density at radius 3 is 2.40 bits per heavy atom. The van der Waals surface area contributed by atoms with Crippen molar-refractivity contribution in [2.24, 2.45) is 7.05 Å². The van der Waals surface area contributed by atoms with E-state index in [2.05, 4.69) is 22.3 Å². The number of carbonyl (C=O) groups is 4. The summed E-state index contributed by atoms with van der Waals surface area (Å²) in [5, 5.41) is 30.5. The number of hydrogen-bond acceptors (Lipinski definition) is 10. The quantitative estimate of drug-likeness (QED) is 0.0918. The summed E-state index contributed by atoms with van der Waals surface area (Å²) in [6.45, 7) is 7.49. The van der Waals surface area contributed by atoms with Crippen LogP contribution in [0.25, 0.3) is 22.0 Å². The van der Waals surface area contributed by atoms with E-state index in [-0.39, 0.29) is 37.1 Å². The van der Waals surface area contributed by atoms with Crippen LogP contribution in [0, 0.1) is 13.8 Å². The van der Waals surface area contributed by atoms with Gasteiger partial charge in [0.25, 0.3) is 5.91 Å². The van der Waals surface area contributed by atoms with Gasteiger partial charge in [-0.25, -0.2) is 4.79 Å². The van der Waals surface area contributed by atoms with Crippen LogP contribution in [-0.4, -0.2) is 115 Å². The van der Waals surface area contributed by atoms with Crippen LogP contribution < -0.4 is 14.8 Å². The van der Waals surface area contributed by atoms with E-state index in [1.165, 1.54) is 17.5 Å². The zero-order valence-corrected chi connectivity index (χ0v) is 38.0. The Kier molecular flexibility index (Phi) is 12.7. The van der Waals surface area contributed by atoms with E-state index >= 15 is 0 Å². The third-order valence-electron chi connectivity index (χ3n) is 13.8. The van der Waals surface area contributed by atoms with Gasteiger partial charge in [0.2, 0.25) is 11.8 Å². The number of ether oxygens (including phenoxy) is 2. The molecule has 3 aliphatic heterocycles. The Labute approximate surface area is 382 Å². The summed E-state index contributed by atoms with van der Waals surface area (Å²) in [5.41, 5.74) is 9.12. The number of amides is 3. The second kappa shape index (κ2) is 18.6. The second-order valence-electron chi connectivity index (χ2n) is 17.7. The van der Waals surface area contributed by atoms with Gasteiger partial charge >= 0.3 is 5.97 Å². The molecule has 5 heterocycles. The van der Waals surface area contributed by atoms with E-state index in [0.717, 1.165) is 64.0 Å². The Balaban J connectivity index is 0.889. The van der Waals surface area contributed by atoms with Gasteiger partial charge in [-0.3, -0.25) is 34.2 Å². The molecule has 2 saturated heterocycles. The molecule has 2 fully saturated rings. The predicted octanol–water partition coefficient (Wildman–Crippen LogP) is 5.74. The highest BCUT2D eigenvalue weighted by molar-refractivity contribution is 6.35. The first kappa shape index (κ1) is 44.5. The maximum atomic E-state index is 13.5. The van der Waals surface area contributed by atoms with Crippen LogP contribution in [-0.2, 0) is 53.8 Å². The number of aliphatic hydroxyl groups is 1. The molecule has 9 rings (SSSR count). The third kappa shape index (κ3) is 8.62. The zero-order chi connectivity index (χ0) is 45.5. The summed E-state index contributed by atoms with van der Waals surface area (Å²) in [6, 6.07) is 14.7. The molecule has 2 unspecified atom stereocenters. The molecule has 342 valence electrons. The highest BCUT2D eigenvalue weighted by Crippen LogP contribution is 2.43. The number of nitrogens with one attached hydrogen (secondary N) is 1. The smallest absolute Gasteiger partial charge is 0.352 e. The summed E-state index contributed by atoms with van der Waals surface area (Å²) in [7, 11) is 1.89. The van der Waals surface area contributed by atoms with Crippen molar-refractivity contribution >= 4 is 46.2 Å². The molecule has 0 spiro atoms. The van der Waals surface area contributed by atoms with E-state index in [0.29, 0.717) is 87.0 Å². The van der Waals surface area contributed by atoms with Crippen molar-refractivity contribution in [3.8, 4) is 22.6 Å². The SMILES string of the molecule is Cc1nn(C)c(C)c1-c1c(Cl)ccc2c(CCCOc3cccc4c3CCCC4)c(C(=O)O)n(CCN3CCN(C(=O)COc4cccc5c4CN(C4CCC(=O)NC4=O)C5O)CC3)c12. The molecule has 15 nitrogen and oxygen atoms in total. The van der Waals surface area contributed by atoms with Gasteiger partial charge in [0, 0.05) is 92.6 Å². The highest BCUT2D eigenvalue weighted by Gasteiger charge is 2.41. The van der Waals surface area contributed by atoms with Crippen molar-refractivity contribution in [1.82, 2.24) is 34.4 Å². The van der Waals surface area contributed by atoms with Gasteiger partial charge in [0.05, 0.1) is 28.9 Å². The summed E-state index contributed by atoms with van der Waals surface area (Å²) in [5.74, 6) is -0.538. The number of aromatic carboxylic acids is 1. The van der Waals surface area contributed by atoms with Crippen LogP contribution in [0.1, 0.15) is 88.0 Å². The lowest BCUT2D eigenvalue weighted by Gasteiger charge is -2.35. The van der Waals surface area contributed by atoms with Crippen LogP contribution in [0.3, 0.4) is 0 Å². The van der Waals surface area contributed by atoms with Crippen LogP contribution in [0.5, 0.6) is 11.5 Å². The van der Waals surface area contributed by atoms with Gasteiger partial charge in [-0.05, 0) is 93.7 Å². The number of halogens is 1. The van der Waals surface area contributed by atoms with Crippen molar-refractivity contribution in [3.63, 3.8) is 0 Å². The molecule has 5 aromatic rings. The number of nitrogens with zero attached hydrogens (tertiary/aromatic N) is 6. The number of fused-ring (bicyclic) bond motifs is 3. The maximum Gasteiger partial charge on any atom is 0.352 e. The Morgan fingerprint density at radius 2 is 1.66 bits per heavy atom. The molecule has 4 aliphatic rings. The van der Waals surface area contributed by atoms with Gasteiger partial charge in [0.1, 0.15) is 23.4 Å². The number of aliphatic hydroxyl groups excluding tert-OH is 1. The number of benzene rings is 3. The molecule has 3 N–H and O–H groups in total. The van der Waals surface area contributed by atoms with E-state index in [1.807, 2.05) is 48.3 Å². The molecular formula is C49H56ClN7O8. The Bertz CT molecular complexity index is 2680. The predicted molar refractivity (Wildman–Crippen MR) is 244 cm³/mol. The number of aryl methyl sites for hydroxylation is 4. The molecule has 0 radical (unpaired) electrons. The topological polar surface area (TPSA) is 172 Å². The van der Waals surface area contributed by atoms with Gasteiger partial charge < -0.3 is 29.2 Å². The Morgan fingerprint density at radius 1 is 0.908 bits per heavy atom. The molecule has 2 aromatic heterocycles. The zero-order valence-electron chi connectivity index (χ0n) is 37.2. The second-order valence-corrected chi connectivity index (χ2v) is 18.1. The molecule has 3 aromatic carbocycles. The van der Waals surface area contributed by atoms with Gasteiger partial charge in [-0.1, -0.05) is 41.9 Å². The lowest BCUT2D eigenvalue weighted by molar-refractivity contribution is -0.141. The molecule has 16 heteroatoms. The fraction of sp³-hybridized carbons (Fsp3) is 0.449. The van der Waals surface area contributed by atoms with Crippen molar-refractivity contribution in [1.29, 1.82) is 0 Å². The fourth-order valence-corrected chi connectivity index (χ4v) is 10.7. The van der Waals surface area contributed by atoms with Crippen molar-refractivity contribution < 1.29 is 38.9 Å². The molecule has 0 bridgehead atoms. The van der Waals surface area contributed by atoms with Crippen LogP contribution in [0.4, 0.5) is 0 Å². The number of carbonyl (C=O) groups excluding carboxylic acids is 3. The summed E-state index contributed by atoms with van der Waals surface area (Å²) < 4.78 is 16.2. The van der Waals surface area contributed by atoms with Gasteiger partial charge in [0.15, 0.2) is 6.61 Å². The van der Waals surface area contributed by atoms with Crippen molar-refractivity contribution in [3.05, 3.63) is 98.5 Å². The monoisotopic (exact) mass is 905 g/mol. The molecule has 3 amide bonds. The maximum absolute atomic E-state index is 13.5. The number of aromatic nitrogens is 3.